The van der Waals surface area contributed by atoms with Crippen LogP contribution in [0.4, 0.5) is 5.82 Å². The molecule has 4 heteroatoms. The zero-order chi connectivity index (χ0) is 13.6. The summed E-state index contributed by atoms with van der Waals surface area (Å²) in [6.07, 6.45) is 0.391. The largest absolute Gasteiger partial charge is 0.292 e. The first kappa shape index (κ1) is 11.8. The Morgan fingerprint density at radius 1 is 1.16 bits per heavy atom. The lowest BCUT2D eigenvalue weighted by Crippen LogP contribution is -2.21. The fraction of sp³-hybridized carbons (Fsp3) is 0.267. The number of carbonyl (C=O) groups is 1. The van der Waals surface area contributed by atoms with Crippen molar-refractivity contribution in [2.75, 3.05) is 0 Å². The van der Waals surface area contributed by atoms with Gasteiger partial charge in [-0.1, -0.05) is 29.8 Å². The Bertz CT molecular complexity index is 693. The van der Waals surface area contributed by atoms with Gasteiger partial charge in [0.2, 0.25) is 0 Å². The standard InChI is InChI=1S/C15H15N3O/c1-9-4-6-11(7-5-9)14-13(19)8-12-10(2)17-18(3)15(12)16-14/h4-7H,8H2,1-3H3. The Morgan fingerprint density at radius 2 is 1.84 bits per heavy atom. The summed E-state index contributed by atoms with van der Waals surface area (Å²) < 4.78 is 1.74. The molecule has 0 amide bonds. The van der Waals surface area contributed by atoms with Crippen molar-refractivity contribution in [1.29, 1.82) is 0 Å². The third-order valence-electron chi connectivity index (χ3n) is 3.46. The van der Waals surface area contributed by atoms with Crippen LogP contribution in [0.2, 0.25) is 0 Å². The van der Waals surface area contributed by atoms with Crippen LogP contribution in [0.5, 0.6) is 0 Å². The molecule has 19 heavy (non-hydrogen) atoms. The lowest BCUT2D eigenvalue weighted by atomic mass is 9.97. The van der Waals surface area contributed by atoms with Gasteiger partial charge in [-0.3, -0.25) is 9.48 Å². The third kappa shape index (κ3) is 1.89. The molecule has 0 bridgehead atoms. The molecule has 1 aromatic carbocycles. The average molecular weight is 253 g/mol. The summed E-state index contributed by atoms with van der Waals surface area (Å²) >= 11 is 0. The molecule has 2 heterocycles. The number of rotatable bonds is 1. The smallest absolute Gasteiger partial charge is 0.186 e. The highest BCUT2D eigenvalue weighted by Gasteiger charge is 2.26. The van der Waals surface area contributed by atoms with Gasteiger partial charge in [-0.05, 0) is 13.8 Å². The van der Waals surface area contributed by atoms with E-state index in [-0.39, 0.29) is 5.78 Å². The van der Waals surface area contributed by atoms with Crippen molar-refractivity contribution >= 4 is 17.3 Å². The summed E-state index contributed by atoms with van der Waals surface area (Å²) in [4.78, 5) is 16.8. The molecule has 0 radical (unpaired) electrons. The third-order valence-corrected chi connectivity index (χ3v) is 3.46. The molecule has 0 unspecified atom stereocenters. The lowest BCUT2D eigenvalue weighted by molar-refractivity contribution is -0.112. The van der Waals surface area contributed by atoms with E-state index >= 15 is 0 Å². The normalized spacial score (nSPS) is 14.3. The first-order chi connectivity index (χ1) is 9.06. The van der Waals surface area contributed by atoms with E-state index in [1.165, 1.54) is 5.56 Å². The minimum absolute atomic E-state index is 0.0625. The molecule has 1 aliphatic heterocycles. The average Bonchev–Trinajstić information content (AvgIpc) is 2.65. The van der Waals surface area contributed by atoms with Crippen LogP contribution in [0.1, 0.15) is 22.4 Å². The van der Waals surface area contributed by atoms with Crippen molar-refractivity contribution in [3.05, 3.63) is 46.6 Å². The van der Waals surface area contributed by atoms with E-state index in [1.807, 2.05) is 45.2 Å². The lowest BCUT2D eigenvalue weighted by Gasteiger charge is -2.12. The Morgan fingerprint density at radius 3 is 2.53 bits per heavy atom. The van der Waals surface area contributed by atoms with Crippen LogP contribution in [-0.4, -0.2) is 21.3 Å². The highest BCUT2D eigenvalue weighted by Crippen LogP contribution is 2.28. The number of fused-ring (bicyclic) bond motifs is 1. The molecule has 0 N–H and O–H groups in total. The van der Waals surface area contributed by atoms with E-state index in [1.54, 1.807) is 4.68 Å². The molecule has 0 fully saturated rings. The van der Waals surface area contributed by atoms with E-state index in [4.69, 9.17) is 0 Å². The van der Waals surface area contributed by atoms with Gasteiger partial charge < -0.3 is 0 Å². The van der Waals surface area contributed by atoms with E-state index in [2.05, 4.69) is 10.1 Å². The van der Waals surface area contributed by atoms with Crippen LogP contribution < -0.4 is 0 Å². The summed E-state index contributed by atoms with van der Waals surface area (Å²) in [6, 6.07) is 7.88. The maximum atomic E-state index is 12.2. The maximum Gasteiger partial charge on any atom is 0.186 e. The van der Waals surface area contributed by atoms with Crippen molar-refractivity contribution in [3.8, 4) is 0 Å². The zero-order valence-electron chi connectivity index (χ0n) is 11.3. The van der Waals surface area contributed by atoms with Gasteiger partial charge in [-0.25, -0.2) is 4.99 Å². The molecule has 1 aliphatic rings. The number of aliphatic imine (C=N–C) groups is 1. The van der Waals surface area contributed by atoms with Crippen LogP contribution in [0.15, 0.2) is 29.3 Å². The molecule has 3 rings (SSSR count). The summed E-state index contributed by atoms with van der Waals surface area (Å²) in [7, 11) is 1.86. The fourth-order valence-electron chi connectivity index (χ4n) is 2.39. The first-order valence-electron chi connectivity index (χ1n) is 6.27. The number of benzene rings is 1. The molecule has 0 aliphatic carbocycles. The number of nitrogens with zero attached hydrogens (tertiary/aromatic N) is 3. The van der Waals surface area contributed by atoms with Gasteiger partial charge in [0.1, 0.15) is 5.71 Å². The summed E-state index contributed by atoms with van der Waals surface area (Å²) in [5.74, 6) is 0.861. The van der Waals surface area contributed by atoms with Crippen LogP contribution in [-0.2, 0) is 18.3 Å². The Hall–Kier alpha value is -2.23. The van der Waals surface area contributed by atoms with E-state index < -0.39 is 0 Å². The van der Waals surface area contributed by atoms with E-state index in [0.29, 0.717) is 12.1 Å². The molecule has 2 aromatic rings. The molecule has 0 saturated carbocycles. The minimum atomic E-state index is 0.0625. The van der Waals surface area contributed by atoms with Gasteiger partial charge >= 0.3 is 0 Å². The van der Waals surface area contributed by atoms with Crippen molar-refractivity contribution in [3.63, 3.8) is 0 Å². The molecule has 96 valence electrons. The second kappa shape index (κ2) is 4.16. The van der Waals surface area contributed by atoms with Crippen LogP contribution >= 0.6 is 0 Å². The number of Topliss-reactive ketones (excluding diaryl/α,β-unsaturated/α-hetero) is 1. The van der Waals surface area contributed by atoms with Gasteiger partial charge in [0.15, 0.2) is 11.6 Å². The SMILES string of the molecule is Cc1ccc(C2=Nc3c(c(C)nn3C)CC2=O)cc1. The van der Waals surface area contributed by atoms with Gasteiger partial charge in [-0.15, -0.1) is 0 Å². The van der Waals surface area contributed by atoms with Gasteiger partial charge in [-0.2, -0.15) is 5.10 Å². The van der Waals surface area contributed by atoms with Crippen LogP contribution in [0.25, 0.3) is 0 Å². The summed E-state index contributed by atoms with van der Waals surface area (Å²) in [5.41, 5.74) is 4.42. The monoisotopic (exact) mass is 253 g/mol. The van der Waals surface area contributed by atoms with E-state index in [0.717, 1.165) is 22.6 Å². The fourth-order valence-corrected chi connectivity index (χ4v) is 2.39. The Labute approximate surface area is 111 Å². The number of ketones is 1. The van der Waals surface area contributed by atoms with E-state index in [9.17, 15) is 4.79 Å². The number of hydrogen-bond acceptors (Lipinski definition) is 3. The molecular weight excluding hydrogens is 238 g/mol. The number of hydrogen-bond donors (Lipinski definition) is 0. The molecule has 1 aromatic heterocycles. The van der Waals surface area contributed by atoms with Gasteiger partial charge in [0.25, 0.3) is 0 Å². The first-order valence-corrected chi connectivity index (χ1v) is 6.27. The van der Waals surface area contributed by atoms with Crippen molar-refractivity contribution in [1.82, 2.24) is 9.78 Å². The highest BCUT2D eigenvalue weighted by molar-refractivity contribution is 6.47. The zero-order valence-corrected chi connectivity index (χ0v) is 11.3. The second-order valence-electron chi connectivity index (χ2n) is 4.94. The van der Waals surface area contributed by atoms with Crippen molar-refractivity contribution in [2.24, 2.45) is 12.0 Å². The number of aromatic nitrogens is 2. The Kier molecular flexibility index (Phi) is 2.59. The molecular formula is C15H15N3O. The predicted molar refractivity (Wildman–Crippen MR) is 74.0 cm³/mol. The quantitative estimate of drug-likeness (QED) is 0.782. The topological polar surface area (TPSA) is 47.2 Å². The van der Waals surface area contributed by atoms with Gasteiger partial charge in [0.05, 0.1) is 5.69 Å². The molecule has 0 atom stereocenters. The van der Waals surface area contributed by atoms with Crippen LogP contribution in [0.3, 0.4) is 0 Å². The maximum absolute atomic E-state index is 12.2. The van der Waals surface area contributed by atoms with Crippen molar-refractivity contribution in [2.45, 2.75) is 20.3 Å². The Balaban J connectivity index is 2.14. The summed E-state index contributed by atoms with van der Waals surface area (Å²) in [6.45, 7) is 3.94. The molecule has 0 saturated heterocycles. The predicted octanol–water partition coefficient (Wildman–Crippen LogP) is 2.28. The van der Waals surface area contributed by atoms with Crippen LogP contribution in [0, 0.1) is 13.8 Å². The molecule has 4 nitrogen and oxygen atoms in total. The molecule has 0 spiro atoms. The highest BCUT2D eigenvalue weighted by atomic mass is 16.1. The van der Waals surface area contributed by atoms with Crippen molar-refractivity contribution < 1.29 is 4.79 Å². The second-order valence-corrected chi connectivity index (χ2v) is 4.94. The summed E-state index contributed by atoms with van der Waals surface area (Å²) in [5, 5.41) is 4.33. The number of aryl methyl sites for hydroxylation is 3. The minimum Gasteiger partial charge on any atom is -0.292 e. The van der Waals surface area contributed by atoms with Gasteiger partial charge in [0, 0.05) is 24.6 Å². The number of carbonyl (C=O) groups excluding carboxylic acids is 1.